The minimum atomic E-state index is -0.196. The average Bonchev–Trinajstić information content (AvgIpc) is 2.99. The molecule has 0 aliphatic rings. The first-order valence-corrected chi connectivity index (χ1v) is 12.2. The third-order valence-corrected chi connectivity index (χ3v) is 6.19. The summed E-state index contributed by atoms with van der Waals surface area (Å²) in [5, 5.41) is 0.540. The zero-order chi connectivity index (χ0) is 27.2. The Balaban J connectivity index is 1.24. The van der Waals surface area contributed by atoms with Crippen molar-refractivity contribution in [3.8, 4) is 34.4 Å². The van der Waals surface area contributed by atoms with Crippen LogP contribution in [0.4, 0.5) is 0 Å². The molecule has 0 aliphatic carbocycles. The smallest absolute Gasteiger partial charge is 0.259 e. The lowest BCUT2D eigenvalue weighted by atomic mass is 10.1. The highest BCUT2D eigenvalue weighted by Crippen LogP contribution is 2.32. The number of aromatic amines is 1. The van der Waals surface area contributed by atoms with Gasteiger partial charge in [-0.3, -0.25) is 9.59 Å². The van der Waals surface area contributed by atoms with Crippen LogP contribution in [0.1, 0.15) is 21.5 Å². The highest BCUT2D eigenvalue weighted by Gasteiger charge is 2.11. The van der Waals surface area contributed by atoms with Crippen LogP contribution in [-0.4, -0.2) is 30.5 Å². The molecule has 0 radical (unpaired) electrons. The number of para-hydroxylation sites is 1. The predicted octanol–water partition coefficient (Wildman–Crippen LogP) is 5.58. The Morgan fingerprint density at radius 2 is 1.36 bits per heavy atom. The number of methoxy groups -OCH3 is 2. The van der Waals surface area contributed by atoms with E-state index < -0.39 is 0 Å². The van der Waals surface area contributed by atoms with Gasteiger partial charge in [0.25, 0.3) is 5.56 Å². The molecule has 1 heterocycles. The molecule has 196 valence electrons. The topological polar surface area (TPSA) is 99.7 Å². The number of H-pyrrole nitrogens is 1. The van der Waals surface area contributed by atoms with Crippen LogP contribution in [0.15, 0.2) is 89.7 Å². The van der Waals surface area contributed by atoms with E-state index in [4.69, 9.17) is 18.9 Å². The SMILES string of the molecule is COc1cc(C=O)ccc1OCc1ccc(COc2ccc(-c3nc4ccccc4c(=O)[nH]3)cc2OC)cc1. The molecule has 4 aromatic carbocycles. The summed E-state index contributed by atoms with van der Waals surface area (Å²) in [6, 6.07) is 25.5. The molecule has 0 unspecified atom stereocenters. The summed E-state index contributed by atoms with van der Waals surface area (Å²) >= 11 is 0. The van der Waals surface area contributed by atoms with E-state index >= 15 is 0 Å². The second kappa shape index (κ2) is 11.5. The van der Waals surface area contributed by atoms with E-state index in [1.165, 1.54) is 7.11 Å². The van der Waals surface area contributed by atoms with Crippen LogP contribution in [-0.2, 0) is 13.2 Å². The van der Waals surface area contributed by atoms with Crippen LogP contribution in [0, 0.1) is 0 Å². The van der Waals surface area contributed by atoms with Crippen molar-refractivity contribution in [2.24, 2.45) is 0 Å². The number of carbonyl (C=O) groups is 1. The van der Waals surface area contributed by atoms with E-state index in [0.29, 0.717) is 64.1 Å². The van der Waals surface area contributed by atoms with E-state index in [9.17, 15) is 9.59 Å². The fourth-order valence-electron chi connectivity index (χ4n) is 4.09. The van der Waals surface area contributed by atoms with Crippen molar-refractivity contribution in [3.63, 3.8) is 0 Å². The molecular weight excluding hydrogens is 496 g/mol. The number of aromatic nitrogens is 2. The molecule has 1 N–H and O–H groups in total. The van der Waals surface area contributed by atoms with Crippen molar-refractivity contribution in [1.82, 2.24) is 9.97 Å². The normalized spacial score (nSPS) is 10.7. The summed E-state index contributed by atoms with van der Waals surface area (Å²) in [5.74, 6) is 2.63. The quantitative estimate of drug-likeness (QED) is 0.239. The number of carbonyl (C=O) groups excluding carboxylic acids is 1. The van der Waals surface area contributed by atoms with Crippen LogP contribution in [0.5, 0.6) is 23.0 Å². The van der Waals surface area contributed by atoms with Crippen LogP contribution in [0.2, 0.25) is 0 Å². The van der Waals surface area contributed by atoms with Gasteiger partial charge in [0.15, 0.2) is 23.0 Å². The number of fused-ring (bicyclic) bond motifs is 1. The van der Waals surface area contributed by atoms with Gasteiger partial charge in [0.1, 0.15) is 25.3 Å². The molecule has 8 nitrogen and oxygen atoms in total. The summed E-state index contributed by atoms with van der Waals surface area (Å²) in [7, 11) is 3.11. The maximum absolute atomic E-state index is 12.5. The Hall–Kier alpha value is -5.11. The fourth-order valence-corrected chi connectivity index (χ4v) is 4.09. The first-order valence-electron chi connectivity index (χ1n) is 12.2. The lowest BCUT2D eigenvalue weighted by Crippen LogP contribution is -2.09. The fraction of sp³-hybridized carbons (Fsp3) is 0.129. The van der Waals surface area contributed by atoms with Gasteiger partial charge in [-0.05, 0) is 59.7 Å². The third-order valence-electron chi connectivity index (χ3n) is 6.19. The highest BCUT2D eigenvalue weighted by atomic mass is 16.5. The molecule has 1 aromatic heterocycles. The van der Waals surface area contributed by atoms with Gasteiger partial charge in [-0.25, -0.2) is 4.98 Å². The van der Waals surface area contributed by atoms with Crippen LogP contribution >= 0.6 is 0 Å². The number of nitrogens with one attached hydrogen (secondary N) is 1. The number of benzene rings is 4. The van der Waals surface area contributed by atoms with E-state index in [2.05, 4.69) is 9.97 Å². The zero-order valence-electron chi connectivity index (χ0n) is 21.5. The maximum atomic E-state index is 12.5. The molecule has 0 aliphatic heterocycles. The number of nitrogens with zero attached hydrogens (tertiary/aromatic N) is 1. The molecule has 0 atom stereocenters. The minimum Gasteiger partial charge on any atom is -0.493 e. The summed E-state index contributed by atoms with van der Waals surface area (Å²) in [5.41, 5.74) is 3.61. The molecular formula is C31H26N2O6. The summed E-state index contributed by atoms with van der Waals surface area (Å²) < 4.78 is 22.8. The van der Waals surface area contributed by atoms with Crippen molar-refractivity contribution in [2.45, 2.75) is 13.2 Å². The maximum Gasteiger partial charge on any atom is 0.259 e. The summed E-state index contributed by atoms with van der Waals surface area (Å²) in [4.78, 5) is 30.9. The predicted molar refractivity (Wildman–Crippen MR) is 148 cm³/mol. The van der Waals surface area contributed by atoms with E-state index in [-0.39, 0.29) is 5.56 Å². The van der Waals surface area contributed by atoms with Gasteiger partial charge in [-0.15, -0.1) is 0 Å². The number of hydrogen-bond donors (Lipinski definition) is 1. The van der Waals surface area contributed by atoms with Gasteiger partial charge in [0.05, 0.1) is 25.1 Å². The number of aldehydes is 1. The van der Waals surface area contributed by atoms with Gasteiger partial charge in [-0.2, -0.15) is 0 Å². The Morgan fingerprint density at radius 1 is 0.744 bits per heavy atom. The molecule has 0 bridgehead atoms. The van der Waals surface area contributed by atoms with E-state index in [1.54, 1.807) is 43.5 Å². The van der Waals surface area contributed by atoms with Crippen LogP contribution in [0.3, 0.4) is 0 Å². The number of rotatable bonds is 10. The highest BCUT2D eigenvalue weighted by molar-refractivity contribution is 5.79. The molecule has 8 heteroatoms. The third kappa shape index (κ3) is 5.75. The van der Waals surface area contributed by atoms with E-state index in [1.807, 2.05) is 48.5 Å². The van der Waals surface area contributed by atoms with Crippen molar-refractivity contribution in [3.05, 3.63) is 112 Å². The standard InChI is InChI=1S/C31H26N2O6/c1-36-28-15-22(17-34)11-13-26(28)38-18-20-7-9-21(10-8-20)19-39-27-14-12-23(16-29(27)37-2)30-32-25-6-4-3-5-24(25)31(35)33-30/h3-17H,18-19H2,1-2H3,(H,32,33,35). The summed E-state index contributed by atoms with van der Waals surface area (Å²) in [6.45, 7) is 0.682. The molecule has 39 heavy (non-hydrogen) atoms. The monoisotopic (exact) mass is 522 g/mol. The number of ether oxygens (including phenoxy) is 4. The first-order chi connectivity index (χ1) is 19.1. The largest absolute Gasteiger partial charge is 0.493 e. The lowest BCUT2D eigenvalue weighted by molar-refractivity contribution is 0.112. The molecule has 5 aromatic rings. The molecule has 0 fully saturated rings. The van der Waals surface area contributed by atoms with Crippen LogP contribution < -0.4 is 24.5 Å². The number of hydrogen-bond acceptors (Lipinski definition) is 7. The Bertz CT molecular complexity index is 1680. The minimum absolute atomic E-state index is 0.196. The van der Waals surface area contributed by atoms with Crippen LogP contribution in [0.25, 0.3) is 22.3 Å². The van der Waals surface area contributed by atoms with E-state index in [0.717, 1.165) is 17.4 Å². The second-order valence-corrected chi connectivity index (χ2v) is 8.72. The Kier molecular flexibility index (Phi) is 7.54. The average molecular weight is 523 g/mol. The van der Waals surface area contributed by atoms with Crippen molar-refractivity contribution in [2.75, 3.05) is 14.2 Å². The lowest BCUT2D eigenvalue weighted by Gasteiger charge is -2.13. The Morgan fingerprint density at radius 3 is 2.00 bits per heavy atom. The van der Waals surface area contributed by atoms with Crippen molar-refractivity contribution in [1.29, 1.82) is 0 Å². The van der Waals surface area contributed by atoms with Crippen molar-refractivity contribution < 1.29 is 23.7 Å². The van der Waals surface area contributed by atoms with Gasteiger partial charge >= 0.3 is 0 Å². The molecule has 0 saturated carbocycles. The van der Waals surface area contributed by atoms with Gasteiger partial charge in [0, 0.05) is 11.1 Å². The summed E-state index contributed by atoms with van der Waals surface area (Å²) in [6.07, 6.45) is 0.765. The molecule has 5 rings (SSSR count). The zero-order valence-corrected chi connectivity index (χ0v) is 21.5. The van der Waals surface area contributed by atoms with Gasteiger partial charge in [0.2, 0.25) is 0 Å². The molecule has 0 spiro atoms. The second-order valence-electron chi connectivity index (χ2n) is 8.72. The van der Waals surface area contributed by atoms with Gasteiger partial charge < -0.3 is 23.9 Å². The van der Waals surface area contributed by atoms with Gasteiger partial charge in [-0.1, -0.05) is 36.4 Å². The van der Waals surface area contributed by atoms with Crippen molar-refractivity contribution >= 4 is 17.2 Å². The Labute approximate surface area is 224 Å². The molecule has 0 saturated heterocycles. The first kappa shape index (κ1) is 25.5. The molecule has 0 amide bonds.